The molecule has 3 fully saturated rings. The second-order valence-electron chi connectivity index (χ2n) is 11.4. The van der Waals surface area contributed by atoms with Gasteiger partial charge in [-0.3, -0.25) is 14.6 Å². The summed E-state index contributed by atoms with van der Waals surface area (Å²) in [5.41, 5.74) is 0.431. The van der Waals surface area contributed by atoms with E-state index in [1.807, 2.05) is 13.0 Å². The average molecular weight is 578 g/mol. The third kappa shape index (κ3) is 8.96. The molecule has 0 saturated carbocycles. The Bertz CT molecular complexity index is 922. The van der Waals surface area contributed by atoms with Crippen LogP contribution >= 0.6 is 0 Å². The van der Waals surface area contributed by atoms with Crippen molar-refractivity contribution in [3.63, 3.8) is 0 Å². The lowest BCUT2D eigenvalue weighted by molar-refractivity contribution is -0.162. The molecule has 11 nitrogen and oxygen atoms in total. The molecule has 41 heavy (non-hydrogen) atoms. The molecule has 11 heteroatoms. The van der Waals surface area contributed by atoms with E-state index in [0.29, 0.717) is 12.5 Å². The summed E-state index contributed by atoms with van der Waals surface area (Å²) < 4.78 is 17.2. The molecular weight excluding hydrogens is 530 g/mol. The van der Waals surface area contributed by atoms with Crippen molar-refractivity contribution in [2.45, 2.75) is 26.2 Å². The molecule has 2 unspecified atom stereocenters. The fraction of sp³-hybridized carbons (Fsp3) is 0.700. The zero-order chi connectivity index (χ0) is 29.8. The van der Waals surface area contributed by atoms with Crippen LogP contribution in [0.1, 0.15) is 26.3 Å². The number of benzene rings is 1. The highest BCUT2D eigenvalue weighted by molar-refractivity contribution is 6.27. The van der Waals surface area contributed by atoms with Crippen LogP contribution < -0.4 is 0 Å². The molecule has 2 atom stereocenters. The van der Waals surface area contributed by atoms with Crippen LogP contribution in [0.3, 0.4) is 0 Å². The molecule has 0 aliphatic carbocycles. The first-order chi connectivity index (χ1) is 19.7. The number of likely N-dealkylation sites (tertiary alicyclic amines) is 1. The Balaban J connectivity index is 0.000000696. The largest absolute Gasteiger partial charge is 0.473 e. The molecule has 0 aromatic heterocycles. The Morgan fingerprint density at radius 2 is 1.32 bits per heavy atom. The number of carboxylic acids is 2. The highest BCUT2D eigenvalue weighted by Gasteiger charge is 2.57. The van der Waals surface area contributed by atoms with Crippen LogP contribution in [0.15, 0.2) is 30.3 Å². The summed E-state index contributed by atoms with van der Waals surface area (Å²) >= 11 is 0. The van der Waals surface area contributed by atoms with Gasteiger partial charge in [0.05, 0.1) is 33.0 Å². The molecule has 3 heterocycles. The van der Waals surface area contributed by atoms with Crippen LogP contribution in [0.4, 0.5) is 0 Å². The van der Waals surface area contributed by atoms with Gasteiger partial charge in [-0.1, -0.05) is 44.2 Å². The number of esters is 1. The Morgan fingerprint density at radius 3 is 1.71 bits per heavy atom. The van der Waals surface area contributed by atoms with Crippen LogP contribution in [0, 0.1) is 17.8 Å². The van der Waals surface area contributed by atoms with Crippen LogP contribution in [0.5, 0.6) is 0 Å². The number of ether oxygens (including phenoxy) is 3. The number of carboxylic acid groups (broad SMARTS) is 2. The Morgan fingerprint density at radius 1 is 0.854 bits per heavy atom. The van der Waals surface area contributed by atoms with Crippen molar-refractivity contribution in [3.8, 4) is 0 Å². The van der Waals surface area contributed by atoms with Crippen LogP contribution in [-0.2, 0) is 34.0 Å². The molecule has 230 valence electrons. The lowest BCUT2D eigenvalue weighted by atomic mass is 9.59. The van der Waals surface area contributed by atoms with E-state index in [0.717, 1.165) is 90.9 Å². The molecule has 0 radical (unpaired) electrons. The van der Waals surface area contributed by atoms with E-state index in [1.54, 1.807) is 0 Å². The van der Waals surface area contributed by atoms with Crippen LogP contribution in [-0.4, -0.2) is 135 Å². The number of carbonyl (C=O) groups excluding carboxylic acids is 1. The highest BCUT2D eigenvalue weighted by atomic mass is 16.5. The lowest BCUT2D eigenvalue weighted by Crippen LogP contribution is -2.65. The predicted molar refractivity (Wildman–Crippen MR) is 153 cm³/mol. The van der Waals surface area contributed by atoms with Crippen LogP contribution in [0.25, 0.3) is 0 Å². The molecule has 3 aliphatic heterocycles. The minimum Gasteiger partial charge on any atom is -0.473 e. The van der Waals surface area contributed by atoms with E-state index in [9.17, 15) is 4.79 Å². The van der Waals surface area contributed by atoms with Crippen molar-refractivity contribution in [1.29, 1.82) is 0 Å². The van der Waals surface area contributed by atoms with E-state index in [4.69, 9.17) is 34.0 Å². The molecule has 0 amide bonds. The van der Waals surface area contributed by atoms with E-state index >= 15 is 0 Å². The first kappa shape index (κ1) is 32.9. The molecule has 0 spiro atoms. The first-order valence-corrected chi connectivity index (χ1v) is 14.7. The van der Waals surface area contributed by atoms with Gasteiger partial charge in [-0.25, -0.2) is 9.59 Å². The van der Waals surface area contributed by atoms with Gasteiger partial charge in [-0.05, 0) is 18.4 Å². The van der Waals surface area contributed by atoms with Gasteiger partial charge in [0, 0.05) is 70.7 Å². The molecule has 3 aliphatic rings. The predicted octanol–water partition coefficient (Wildman–Crippen LogP) is 1.51. The lowest BCUT2D eigenvalue weighted by Gasteiger charge is -2.54. The second-order valence-corrected chi connectivity index (χ2v) is 11.4. The normalized spacial score (nSPS) is 26.1. The average Bonchev–Trinajstić information content (AvgIpc) is 2.95. The quantitative estimate of drug-likeness (QED) is 0.327. The molecule has 0 bridgehead atoms. The molecular formula is C30H47N3O8. The summed E-state index contributed by atoms with van der Waals surface area (Å²) in [6, 6.07) is 10.5. The summed E-state index contributed by atoms with van der Waals surface area (Å²) in [6.07, 6.45) is 0. The zero-order valence-corrected chi connectivity index (χ0v) is 24.7. The van der Waals surface area contributed by atoms with E-state index in [1.165, 1.54) is 0 Å². The van der Waals surface area contributed by atoms with E-state index < -0.39 is 17.4 Å². The molecule has 1 aromatic rings. The highest BCUT2D eigenvalue weighted by Crippen LogP contribution is 2.46. The van der Waals surface area contributed by atoms with Crippen molar-refractivity contribution < 1.29 is 38.8 Å². The van der Waals surface area contributed by atoms with Gasteiger partial charge < -0.3 is 29.3 Å². The van der Waals surface area contributed by atoms with Crippen molar-refractivity contribution in [2.24, 2.45) is 17.8 Å². The maximum absolute atomic E-state index is 14.2. The maximum Gasteiger partial charge on any atom is 0.414 e. The summed E-state index contributed by atoms with van der Waals surface area (Å²) in [5.74, 6) is -2.84. The number of rotatable bonds is 9. The van der Waals surface area contributed by atoms with E-state index in [2.05, 4.69) is 52.8 Å². The maximum atomic E-state index is 14.2. The standard InChI is InChI=1S/C28H45N3O4.C2H2O4/c1-4-35-27(32)28(24-8-6-5-7-9-24)25(19-29-10-14-33-15-11-29)21-31(18-23(2)3)22-26(28)20-30-12-16-34-17-13-30;3-1(4)2(5)6/h5-9,23,25-26H,4,10-22H2,1-3H3;(H,3,4)(H,5,6). The third-order valence-corrected chi connectivity index (χ3v) is 8.08. The number of morpholine rings is 2. The van der Waals surface area contributed by atoms with Gasteiger partial charge in [0.15, 0.2) is 0 Å². The molecule has 2 N–H and O–H groups in total. The Labute approximate surface area is 243 Å². The van der Waals surface area contributed by atoms with Gasteiger partial charge >= 0.3 is 17.9 Å². The van der Waals surface area contributed by atoms with Gasteiger partial charge in [0.25, 0.3) is 0 Å². The fourth-order valence-corrected chi connectivity index (χ4v) is 6.47. The smallest absolute Gasteiger partial charge is 0.414 e. The second kappa shape index (κ2) is 16.2. The Hall–Kier alpha value is -2.57. The number of carbonyl (C=O) groups is 3. The van der Waals surface area contributed by atoms with Crippen molar-refractivity contribution >= 4 is 17.9 Å². The minimum atomic E-state index is -1.82. The molecule has 4 rings (SSSR count). The van der Waals surface area contributed by atoms with Gasteiger partial charge in [-0.2, -0.15) is 0 Å². The van der Waals surface area contributed by atoms with Gasteiger partial charge in [-0.15, -0.1) is 0 Å². The van der Waals surface area contributed by atoms with Crippen molar-refractivity contribution in [1.82, 2.24) is 14.7 Å². The van der Waals surface area contributed by atoms with E-state index in [-0.39, 0.29) is 17.8 Å². The number of piperidine rings is 1. The fourth-order valence-electron chi connectivity index (χ4n) is 6.47. The molecule has 3 saturated heterocycles. The summed E-state index contributed by atoms with van der Waals surface area (Å²) in [5, 5.41) is 14.8. The number of hydrogen-bond donors (Lipinski definition) is 2. The summed E-state index contributed by atoms with van der Waals surface area (Å²) in [4.78, 5) is 40.0. The Kier molecular flexibility index (Phi) is 13.0. The number of aliphatic carboxylic acids is 2. The third-order valence-electron chi connectivity index (χ3n) is 8.08. The van der Waals surface area contributed by atoms with Crippen molar-refractivity contribution in [3.05, 3.63) is 35.9 Å². The number of hydrogen-bond acceptors (Lipinski definition) is 9. The van der Waals surface area contributed by atoms with Crippen molar-refractivity contribution in [2.75, 3.05) is 91.9 Å². The first-order valence-electron chi connectivity index (χ1n) is 14.7. The SMILES string of the molecule is CCOC(=O)C1(c2ccccc2)C(CN2CCOCC2)CN(CC(C)C)CC1CN1CCOCC1.O=C(O)C(=O)O. The summed E-state index contributed by atoms with van der Waals surface area (Å²) in [7, 11) is 0. The minimum absolute atomic E-state index is 0.0492. The van der Waals surface area contributed by atoms with Gasteiger partial charge in [0.1, 0.15) is 5.41 Å². The monoisotopic (exact) mass is 577 g/mol. The topological polar surface area (TPSA) is 129 Å². The zero-order valence-electron chi connectivity index (χ0n) is 24.7. The van der Waals surface area contributed by atoms with Crippen LogP contribution in [0.2, 0.25) is 0 Å². The van der Waals surface area contributed by atoms with Gasteiger partial charge in [0.2, 0.25) is 0 Å². The molecule has 1 aromatic carbocycles. The summed E-state index contributed by atoms with van der Waals surface area (Å²) in [6.45, 7) is 18.3. The number of nitrogens with zero attached hydrogens (tertiary/aromatic N) is 3.